The van der Waals surface area contributed by atoms with Gasteiger partial charge in [0.15, 0.2) is 0 Å². The second-order valence-electron chi connectivity index (χ2n) is 4.65. The highest BCUT2D eigenvalue weighted by Gasteiger charge is 2.16. The Balaban J connectivity index is 1.90. The molecule has 3 rings (SSSR count). The first kappa shape index (κ1) is 13.9. The lowest BCUT2D eigenvalue weighted by Gasteiger charge is -2.09. The molecule has 0 saturated heterocycles. The number of aromatic nitrogens is 4. The van der Waals surface area contributed by atoms with E-state index < -0.39 is 0 Å². The van der Waals surface area contributed by atoms with Crippen LogP contribution in [-0.4, -0.2) is 19.8 Å². The van der Waals surface area contributed by atoms with Gasteiger partial charge in [0.05, 0.1) is 9.94 Å². The fraction of sp³-hybridized carbons (Fsp3) is 0.214. The first-order valence-electron chi connectivity index (χ1n) is 6.92. The Morgan fingerprint density at radius 2 is 2.27 bits per heavy atom. The van der Waals surface area contributed by atoms with Gasteiger partial charge in [0.25, 0.3) is 0 Å². The van der Waals surface area contributed by atoms with Crippen molar-refractivity contribution in [1.82, 2.24) is 19.8 Å². The molecule has 6 nitrogen and oxygen atoms in total. The maximum atomic E-state index is 12.0. The summed E-state index contributed by atoms with van der Waals surface area (Å²) in [5, 5.41) is 9.50. The summed E-state index contributed by atoms with van der Waals surface area (Å²) >= 11 is 3.75. The van der Waals surface area contributed by atoms with Gasteiger partial charge in [-0.3, -0.25) is 0 Å². The van der Waals surface area contributed by atoms with E-state index in [4.69, 9.17) is 6.11 Å². The van der Waals surface area contributed by atoms with Crippen LogP contribution < -0.4 is 10.4 Å². The molecule has 0 spiro atoms. The fourth-order valence-corrected chi connectivity index (χ4v) is 3.51. The van der Waals surface area contributed by atoms with Crippen molar-refractivity contribution in [2.45, 2.75) is 13.5 Å². The van der Waals surface area contributed by atoms with Crippen molar-refractivity contribution in [2.24, 2.45) is 7.05 Å². The summed E-state index contributed by atoms with van der Waals surface area (Å²) in [7, 11) is 1.56. The van der Waals surface area contributed by atoms with Gasteiger partial charge in [-0.2, -0.15) is 9.36 Å². The number of nitrogens with zero attached hydrogens (tertiary/aromatic N) is 4. The van der Waals surface area contributed by atoms with Crippen LogP contribution in [0.1, 0.15) is 12.5 Å². The van der Waals surface area contributed by atoms with Crippen molar-refractivity contribution >= 4 is 33.9 Å². The zero-order valence-electron chi connectivity index (χ0n) is 12.9. The number of ether oxygens (including phenoxy) is 1. The van der Waals surface area contributed by atoms with Crippen molar-refractivity contribution in [3.63, 3.8) is 0 Å². The van der Waals surface area contributed by atoms with E-state index in [1.165, 1.54) is 20.7 Å². The van der Waals surface area contributed by atoms with Crippen LogP contribution in [-0.2, 0) is 13.7 Å². The van der Waals surface area contributed by atoms with E-state index in [2.05, 4.69) is 33.0 Å². The van der Waals surface area contributed by atoms with Crippen LogP contribution in [0.5, 0.6) is 5.75 Å². The molecule has 8 heteroatoms. The molecule has 0 saturated carbocycles. The normalized spacial score (nSPS) is 11.5. The minimum atomic E-state index is -0.296. The summed E-state index contributed by atoms with van der Waals surface area (Å²) in [4.78, 5) is 12.0. The van der Waals surface area contributed by atoms with Crippen LogP contribution in [0.2, 0.25) is 0 Å². The third kappa shape index (κ3) is 2.80. The minimum absolute atomic E-state index is 0.296. The van der Waals surface area contributed by atoms with Gasteiger partial charge in [-0.25, -0.2) is 4.79 Å². The molecule has 0 aliphatic carbocycles. The third-order valence-electron chi connectivity index (χ3n) is 3.16. The van der Waals surface area contributed by atoms with Crippen LogP contribution in [0.25, 0.3) is 5.69 Å². The average molecular weight is 430 g/mol. The zero-order chi connectivity index (χ0) is 16.6. The second-order valence-corrected chi connectivity index (χ2v) is 7.34. The smallest absolute Gasteiger partial charge is 0.368 e. The molecule has 0 atom stereocenters. The van der Waals surface area contributed by atoms with Gasteiger partial charge in [0.1, 0.15) is 12.4 Å². The van der Waals surface area contributed by atoms with Crippen molar-refractivity contribution in [1.29, 1.82) is 0 Å². The summed E-state index contributed by atoms with van der Waals surface area (Å²) in [5.74, 6) is 0.723. The standard InChI is InChI=1S/C14H13IN4O2S/c1-9-5-3-4-6-12(9)21-7-10-11(8-22-13(10)15)19-14(20)18(2)16-17-19/h3-6,8H,7H2,1-2H3/i3T. The lowest BCUT2D eigenvalue weighted by molar-refractivity contribution is 0.303. The van der Waals surface area contributed by atoms with Crippen LogP contribution >= 0.6 is 33.9 Å². The molecule has 0 fully saturated rings. The van der Waals surface area contributed by atoms with E-state index in [1.54, 1.807) is 25.2 Å². The van der Waals surface area contributed by atoms with E-state index in [0.717, 1.165) is 19.8 Å². The van der Waals surface area contributed by atoms with Crippen LogP contribution in [0, 0.1) is 9.81 Å². The molecule has 2 heterocycles. The monoisotopic (exact) mass is 430 g/mol. The highest BCUT2D eigenvalue weighted by Crippen LogP contribution is 2.28. The highest BCUT2D eigenvalue weighted by molar-refractivity contribution is 14.1. The third-order valence-corrected chi connectivity index (χ3v) is 5.37. The molecule has 0 aliphatic rings. The Morgan fingerprint density at radius 3 is 2.95 bits per heavy atom. The molecule has 3 aromatic rings. The summed E-state index contributed by atoms with van der Waals surface area (Å²) in [6.07, 6.45) is 0. The Labute approximate surface area is 145 Å². The lowest BCUT2D eigenvalue weighted by atomic mass is 10.2. The molecule has 0 aliphatic heterocycles. The van der Waals surface area contributed by atoms with Gasteiger partial charge in [-0.1, -0.05) is 18.2 Å². The molecule has 1 aromatic carbocycles. The first-order chi connectivity index (χ1) is 11.0. The molecule has 114 valence electrons. The number of benzene rings is 1. The summed E-state index contributed by atoms with van der Waals surface area (Å²) < 4.78 is 17.0. The Morgan fingerprint density at radius 1 is 1.45 bits per heavy atom. The molecular formula is C14H13IN4O2S. The molecule has 0 radical (unpaired) electrons. The Bertz CT molecular complexity index is 918. The predicted octanol–water partition coefficient (Wildman–Crippen LogP) is 2.52. The van der Waals surface area contributed by atoms with Gasteiger partial charge >= 0.3 is 5.69 Å². The van der Waals surface area contributed by atoms with Crippen molar-refractivity contribution in [3.8, 4) is 11.4 Å². The maximum absolute atomic E-state index is 12.0. The van der Waals surface area contributed by atoms with E-state index in [9.17, 15) is 4.79 Å². The second kappa shape index (κ2) is 6.21. The van der Waals surface area contributed by atoms with Gasteiger partial charge in [-0.15, -0.1) is 11.3 Å². The topological polar surface area (TPSA) is 61.9 Å². The molecule has 0 N–H and O–H groups in total. The van der Waals surface area contributed by atoms with Gasteiger partial charge in [0, 0.05) is 18.0 Å². The Kier molecular flexibility index (Phi) is 3.94. The highest BCUT2D eigenvalue weighted by atomic mass is 127. The maximum Gasteiger partial charge on any atom is 0.368 e. The number of thiophene rings is 1. The summed E-state index contributed by atoms with van der Waals surface area (Å²) in [5.41, 5.74) is 2.19. The number of para-hydroxylation sites is 1. The largest absolute Gasteiger partial charge is 0.488 e. The molecule has 22 heavy (non-hydrogen) atoms. The fourth-order valence-electron chi connectivity index (χ4n) is 1.94. The molecular weight excluding hydrogens is 415 g/mol. The zero-order valence-corrected chi connectivity index (χ0v) is 14.9. The predicted molar refractivity (Wildman–Crippen MR) is 92.7 cm³/mol. The summed E-state index contributed by atoms with van der Waals surface area (Å²) in [6.45, 7) is 2.22. The van der Waals surface area contributed by atoms with Gasteiger partial charge in [0.2, 0.25) is 0 Å². The first-order valence-corrected chi connectivity index (χ1v) is 8.38. The van der Waals surface area contributed by atoms with Crippen molar-refractivity contribution in [3.05, 3.63) is 54.1 Å². The lowest BCUT2D eigenvalue weighted by Crippen LogP contribution is -2.22. The number of rotatable bonds is 4. The Hall–Kier alpha value is -1.68. The molecule has 0 amide bonds. The number of halogens is 1. The van der Waals surface area contributed by atoms with Gasteiger partial charge in [-0.05, 0) is 51.6 Å². The molecule has 0 unspecified atom stereocenters. The van der Waals surface area contributed by atoms with E-state index in [0.29, 0.717) is 18.3 Å². The molecule has 0 bridgehead atoms. The number of hydrogen-bond donors (Lipinski definition) is 0. The van der Waals surface area contributed by atoms with E-state index >= 15 is 0 Å². The number of tetrazole rings is 1. The van der Waals surface area contributed by atoms with Crippen molar-refractivity contribution in [2.75, 3.05) is 0 Å². The van der Waals surface area contributed by atoms with Gasteiger partial charge < -0.3 is 4.74 Å². The number of aryl methyl sites for hydroxylation is 2. The van der Waals surface area contributed by atoms with Crippen LogP contribution in [0.4, 0.5) is 0 Å². The van der Waals surface area contributed by atoms with Crippen LogP contribution in [0.15, 0.2) is 34.4 Å². The SMILES string of the molecule is [3H]c1ccc(OCc2c(-n3nnn(C)c3=O)csc2I)c(C)c1. The number of hydrogen-bond acceptors (Lipinski definition) is 5. The van der Waals surface area contributed by atoms with E-state index in [1.807, 2.05) is 12.3 Å². The van der Waals surface area contributed by atoms with E-state index in [-0.39, 0.29) is 5.69 Å². The minimum Gasteiger partial charge on any atom is -0.488 e. The summed E-state index contributed by atoms with van der Waals surface area (Å²) in [6, 6.07) is 5.67. The molecule has 2 aromatic heterocycles. The quantitative estimate of drug-likeness (QED) is 0.597. The van der Waals surface area contributed by atoms with Crippen molar-refractivity contribution < 1.29 is 6.11 Å². The average Bonchev–Trinajstić information content (AvgIpc) is 3.02. The van der Waals surface area contributed by atoms with Crippen LogP contribution in [0.3, 0.4) is 0 Å².